The van der Waals surface area contributed by atoms with Crippen LogP contribution < -0.4 is 4.73 Å². The fourth-order valence-electron chi connectivity index (χ4n) is 2.56. The van der Waals surface area contributed by atoms with Crippen LogP contribution in [-0.2, 0) is 12.1 Å². The summed E-state index contributed by atoms with van der Waals surface area (Å²) in [4.78, 5) is 7.20. The molecule has 1 aromatic carbocycles. The molecule has 2 aromatic heterocycles. The molecule has 0 amide bonds. The Hall–Kier alpha value is -3.01. The summed E-state index contributed by atoms with van der Waals surface area (Å²) in [6.45, 7) is -3.79. The third-order valence-corrected chi connectivity index (χ3v) is 3.81. The molecule has 0 saturated carbocycles. The molecule has 26 heavy (non-hydrogen) atoms. The Morgan fingerprint density at radius 3 is 2.81 bits per heavy atom. The van der Waals surface area contributed by atoms with E-state index in [1.807, 2.05) is 0 Å². The molecule has 1 N–H and O–H groups in total. The molecule has 0 radical (unpaired) electrons. The minimum Gasteiger partial charge on any atom is -0.711 e. The van der Waals surface area contributed by atoms with Gasteiger partial charge < -0.3 is 10.3 Å². The Labute approximate surface area is 150 Å². The van der Waals surface area contributed by atoms with E-state index in [1.54, 1.807) is 0 Å². The minimum atomic E-state index is -3.11. The molecule has 0 spiro atoms. The van der Waals surface area contributed by atoms with E-state index in [4.69, 9.17) is 4.11 Å². The van der Waals surface area contributed by atoms with Crippen LogP contribution in [0.3, 0.4) is 0 Å². The van der Waals surface area contributed by atoms with E-state index < -0.39 is 53.6 Å². The van der Waals surface area contributed by atoms with E-state index in [2.05, 4.69) is 15.1 Å². The van der Waals surface area contributed by atoms with E-state index in [1.165, 1.54) is 0 Å². The lowest BCUT2D eigenvalue weighted by molar-refractivity contribution is -0.610. The first kappa shape index (κ1) is 14.2. The second-order valence-corrected chi connectivity index (χ2v) is 5.54. The fourth-order valence-corrected chi connectivity index (χ4v) is 2.56. The van der Waals surface area contributed by atoms with Crippen molar-refractivity contribution in [3.63, 3.8) is 0 Å². The van der Waals surface area contributed by atoms with Crippen molar-refractivity contribution in [2.45, 2.75) is 24.9 Å². The van der Waals surface area contributed by atoms with Gasteiger partial charge in [0.15, 0.2) is 5.69 Å². The van der Waals surface area contributed by atoms with Crippen LogP contribution in [0.4, 0.5) is 13.2 Å². The maximum atomic E-state index is 14.6. The Kier molecular flexibility index (Phi) is 3.66. The standard InChI is InChI=1S/C16H14F3N5O2/c1-10(15-14(19)5-24(26)9-21-15)16(25,6-23-8-20-7-22-23)12-3-2-11(17)4-13(12)18/h2-5,7-10,25H,6H2,1H3/t10-,16+/m0/s1/i1D3. The van der Waals surface area contributed by atoms with Gasteiger partial charge in [0, 0.05) is 15.7 Å². The first-order valence-electron chi connectivity index (χ1n) is 8.77. The van der Waals surface area contributed by atoms with Crippen LogP contribution in [0.15, 0.2) is 43.4 Å². The number of aromatic nitrogens is 5. The van der Waals surface area contributed by atoms with E-state index in [0.717, 1.165) is 29.5 Å². The predicted octanol–water partition coefficient (Wildman–Crippen LogP) is 1.42. The van der Waals surface area contributed by atoms with Gasteiger partial charge in [-0.25, -0.2) is 23.2 Å². The summed E-state index contributed by atoms with van der Waals surface area (Å²) in [5.74, 6) is -5.67. The number of halogens is 3. The minimum absolute atomic E-state index is 0.00433. The second-order valence-electron chi connectivity index (χ2n) is 5.54. The van der Waals surface area contributed by atoms with Crippen LogP contribution in [0, 0.1) is 22.7 Å². The van der Waals surface area contributed by atoms with Crippen molar-refractivity contribution in [3.05, 3.63) is 77.3 Å². The highest BCUT2D eigenvalue weighted by Crippen LogP contribution is 2.39. The zero-order valence-electron chi connectivity index (χ0n) is 16.1. The van der Waals surface area contributed by atoms with Gasteiger partial charge in [-0.3, -0.25) is 0 Å². The molecule has 2 atom stereocenters. The molecule has 7 nitrogen and oxygen atoms in total. The van der Waals surface area contributed by atoms with Gasteiger partial charge in [0.05, 0.1) is 12.5 Å². The molecular formula is C16H14F3N5O2. The zero-order valence-corrected chi connectivity index (χ0v) is 13.1. The van der Waals surface area contributed by atoms with Gasteiger partial charge in [-0.1, -0.05) is 12.9 Å². The second kappa shape index (κ2) is 6.71. The van der Waals surface area contributed by atoms with E-state index in [9.17, 15) is 23.5 Å². The van der Waals surface area contributed by atoms with Crippen LogP contribution in [-0.4, -0.2) is 24.9 Å². The molecule has 136 valence electrons. The quantitative estimate of drug-likeness (QED) is 0.543. The third-order valence-electron chi connectivity index (χ3n) is 3.81. The summed E-state index contributed by atoms with van der Waals surface area (Å²) in [5, 5.41) is 26.5. The summed E-state index contributed by atoms with van der Waals surface area (Å²) in [5.41, 5.74) is -4.07. The molecule has 3 aromatic rings. The topological polar surface area (TPSA) is 90.8 Å². The van der Waals surface area contributed by atoms with E-state index in [-0.39, 0.29) is 4.73 Å². The molecule has 0 aliphatic carbocycles. The maximum Gasteiger partial charge on any atom is 0.289 e. The Balaban J connectivity index is 2.28. The molecule has 0 aliphatic rings. The average Bonchev–Trinajstić information content (AvgIpc) is 3.08. The van der Waals surface area contributed by atoms with Gasteiger partial charge >= 0.3 is 0 Å². The van der Waals surface area contributed by atoms with Crippen molar-refractivity contribution >= 4 is 0 Å². The molecular weight excluding hydrogens is 351 g/mol. The van der Waals surface area contributed by atoms with Crippen molar-refractivity contribution in [2.24, 2.45) is 0 Å². The van der Waals surface area contributed by atoms with E-state index in [0.29, 0.717) is 18.6 Å². The molecule has 2 heterocycles. The lowest BCUT2D eigenvalue weighted by Crippen LogP contribution is -2.39. The van der Waals surface area contributed by atoms with Crippen LogP contribution in [0.2, 0.25) is 0 Å². The summed E-state index contributed by atoms with van der Waals surface area (Å²) >= 11 is 0. The number of nitrogens with zero attached hydrogens (tertiary/aromatic N) is 5. The maximum absolute atomic E-state index is 14.6. The van der Waals surface area contributed by atoms with Crippen LogP contribution in [0.25, 0.3) is 0 Å². The smallest absolute Gasteiger partial charge is 0.289 e. The molecule has 0 aliphatic heterocycles. The largest absolute Gasteiger partial charge is 0.711 e. The van der Waals surface area contributed by atoms with E-state index >= 15 is 0 Å². The normalized spacial score (nSPS) is 17.0. The molecule has 0 unspecified atom stereocenters. The molecule has 0 bridgehead atoms. The van der Waals surface area contributed by atoms with Crippen LogP contribution >= 0.6 is 0 Å². The van der Waals surface area contributed by atoms with Gasteiger partial charge in [-0.05, 0) is 11.1 Å². The number of hydrogen-bond acceptors (Lipinski definition) is 5. The first-order valence-corrected chi connectivity index (χ1v) is 7.27. The first-order chi connectivity index (χ1) is 13.5. The number of aliphatic hydroxyl groups is 1. The summed E-state index contributed by atoms with van der Waals surface area (Å²) in [6, 6.07) is 2.13. The zero-order chi connectivity index (χ0) is 21.4. The Morgan fingerprint density at radius 2 is 2.19 bits per heavy atom. The van der Waals surface area contributed by atoms with Crippen LogP contribution in [0.1, 0.15) is 28.1 Å². The van der Waals surface area contributed by atoms with Gasteiger partial charge in [-0.15, -0.1) is 0 Å². The average molecular weight is 368 g/mol. The van der Waals surface area contributed by atoms with Gasteiger partial charge in [0.2, 0.25) is 5.82 Å². The number of rotatable bonds is 5. The fraction of sp³-hybridized carbons (Fsp3) is 0.250. The number of hydrogen-bond donors (Lipinski definition) is 1. The SMILES string of the molecule is [2H]C([2H])([2H])[C@@H](c1nc[n+]([O-])cc1F)[C@](O)(Cn1cncn1)c1ccc(F)cc1F. The van der Waals surface area contributed by atoms with Crippen molar-refractivity contribution in [1.29, 1.82) is 0 Å². The molecule has 10 heteroatoms. The van der Waals surface area contributed by atoms with Gasteiger partial charge in [0.25, 0.3) is 6.33 Å². The predicted molar refractivity (Wildman–Crippen MR) is 81.8 cm³/mol. The highest BCUT2D eigenvalue weighted by atomic mass is 19.1. The lowest BCUT2D eigenvalue weighted by Gasteiger charge is -2.33. The molecule has 3 rings (SSSR count). The highest BCUT2D eigenvalue weighted by molar-refractivity contribution is 5.29. The molecule has 0 fully saturated rings. The summed E-state index contributed by atoms with van der Waals surface area (Å²) in [7, 11) is 0. The summed E-state index contributed by atoms with van der Waals surface area (Å²) in [6.07, 6.45) is 3.25. The number of benzene rings is 1. The summed E-state index contributed by atoms with van der Waals surface area (Å²) < 4.78 is 67.1. The van der Waals surface area contributed by atoms with Crippen LogP contribution in [0.5, 0.6) is 0 Å². The highest BCUT2D eigenvalue weighted by Gasteiger charge is 2.43. The Bertz CT molecular complexity index is 1020. The lowest BCUT2D eigenvalue weighted by atomic mass is 9.79. The van der Waals surface area contributed by atoms with Crippen molar-refractivity contribution in [1.82, 2.24) is 19.7 Å². The third kappa shape index (κ3) is 3.23. The van der Waals surface area contributed by atoms with Crippen molar-refractivity contribution < 1.29 is 27.1 Å². The van der Waals surface area contributed by atoms with Crippen molar-refractivity contribution in [3.8, 4) is 0 Å². The van der Waals surface area contributed by atoms with Gasteiger partial charge in [0.1, 0.15) is 36.1 Å². The molecule has 0 saturated heterocycles. The monoisotopic (exact) mass is 368 g/mol. The Morgan fingerprint density at radius 1 is 1.38 bits per heavy atom. The van der Waals surface area contributed by atoms with Gasteiger partial charge in [-0.2, -0.15) is 9.49 Å². The van der Waals surface area contributed by atoms with Crippen molar-refractivity contribution in [2.75, 3.05) is 0 Å².